The molecule has 0 bridgehead atoms. The number of amides is 2. The Bertz CT molecular complexity index is 1020. The number of nitrogens with two attached hydrogens (primary N) is 1. The summed E-state index contributed by atoms with van der Waals surface area (Å²) in [7, 11) is 0. The van der Waals surface area contributed by atoms with Crippen molar-refractivity contribution < 1.29 is 22.8 Å². The summed E-state index contributed by atoms with van der Waals surface area (Å²) in [5.74, 6) is -3.98. The molecule has 2 aromatic carbocycles. The molecule has 9 heteroatoms. The summed E-state index contributed by atoms with van der Waals surface area (Å²) in [4.78, 5) is 28.1. The number of hydrogen-bond acceptors (Lipinski definition) is 4. The molecule has 0 saturated carbocycles. The van der Waals surface area contributed by atoms with Crippen molar-refractivity contribution >= 4 is 28.3 Å². The van der Waals surface area contributed by atoms with Crippen LogP contribution in [0, 0.1) is 11.6 Å². The topological polar surface area (TPSA) is 85.1 Å². The first-order valence-corrected chi connectivity index (χ1v) is 8.43. The van der Waals surface area contributed by atoms with Crippen molar-refractivity contribution in [1.82, 2.24) is 4.98 Å². The lowest BCUT2D eigenvalue weighted by Crippen LogP contribution is -2.16. The van der Waals surface area contributed by atoms with Crippen LogP contribution in [-0.2, 0) is 6.67 Å². The zero-order valence-electron chi connectivity index (χ0n) is 13.6. The molecule has 0 radical (unpaired) electrons. The van der Waals surface area contributed by atoms with Gasteiger partial charge in [0.25, 0.3) is 11.8 Å². The Kier molecular flexibility index (Phi) is 5.22. The van der Waals surface area contributed by atoms with E-state index in [1.807, 2.05) is 0 Å². The molecule has 0 unspecified atom stereocenters. The number of alkyl halides is 1. The molecule has 0 saturated heterocycles. The van der Waals surface area contributed by atoms with Gasteiger partial charge in [-0.25, -0.2) is 18.2 Å². The number of primary amides is 1. The highest BCUT2D eigenvalue weighted by molar-refractivity contribution is 7.19. The standard InChI is InChI=1S/C18H12F3N3O2S/c19-8-9-3-1-4-10(7-9)15-14(16(22)25)23-18(27-15)24-17(26)13-11(20)5-2-6-12(13)21/h1-7H,8H2,(H2,22,25)(H,23,24,26). The molecule has 0 aliphatic carbocycles. The molecule has 0 spiro atoms. The SMILES string of the molecule is NC(=O)c1nc(NC(=O)c2c(F)cccc2F)sc1-c1cccc(CF)c1. The molecule has 138 valence electrons. The van der Waals surface area contributed by atoms with Crippen LogP contribution in [-0.4, -0.2) is 16.8 Å². The largest absolute Gasteiger partial charge is 0.364 e. The number of anilines is 1. The van der Waals surface area contributed by atoms with E-state index in [4.69, 9.17) is 5.73 Å². The molecule has 0 fully saturated rings. The third-order valence-electron chi connectivity index (χ3n) is 3.61. The number of thiazole rings is 1. The summed E-state index contributed by atoms with van der Waals surface area (Å²) in [6, 6.07) is 9.33. The van der Waals surface area contributed by atoms with Gasteiger partial charge in [-0.05, 0) is 29.3 Å². The lowest BCUT2D eigenvalue weighted by Gasteiger charge is -2.04. The van der Waals surface area contributed by atoms with Gasteiger partial charge >= 0.3 is 0 Å². The molecule has 0 aliphatic rings. The molecule has 1 aromatic heterocycles. The van der Waals surface area contributed by atoms with Crippen molar-refractivity contribution in [1.29, 1.82) is 0 Å². The van der Waals surface area contributed by atoms with Gasteiger partial charge in [0.2, 0.25) is 0 Å². The number of rotatable bonds is 5. The maximum absolute atomic E-state index is 13.7. The fourth-order valence-electron chi connectivity index (χ4n) is 2.41. The number of carbonyl (C=O) groups is 2. The molecule has 1 heterocycles. The Hall–Kier alpha value is -3.20. The summed E-state index contributed by atoms with van der Waals surface area (Å²) in [5.41, 5.74) is 5.28. The normalized spacial score (nSPS) is 10.6. The minimum atomic E-state index is -1.06. The van der Waals surface area contributed by atoms with Gasteiger partial charge in [-0.1, -0.05) is 35.6 Å². The molecule has 0 atom stereocenters. The Morgan fingerprint density at radius 1 is 1.11 bits per heavy atom. The maximum Gasteiger partial charge on any atom is 0.268 e. The molecule has 27 heavy (non-hydrogen) atoms. The molecule has 0 aliphatic heterocycles. The van der Waals surface area contributed by atoms with Crippen molar-refractivity contribution in [3.8, 4) is 10.4 Å². The third-order valence-corrected chi connectivity index (χ3v) is 4.63. The number of benzene rings is 2. The number of nitrogens with one attached hydrogen (secondary N) is 1. The van der Waals surface area contributed by atoms with Crippen LogP contribution in [0.3, 0.4) is 0 Å². The lowest BCUT2D eigenvalue weighted by molar-refractivity contribution is 0.0991. The van der Waals surface area contributed by atoms with Crippen molar-refractivity contribution in [3.05, 3.63) is 70.9 Å². The zero-order chi connectivity index (χ0) is 19.6. The summed E-state index contributed by atoms with van der Waals surface area (Å²) < 4.78 is 40.4. The van der Waals surface area contributed by atoms with E-state index in [9.17, 15) is 22.8 Å². The Labute approximate surface area is 155 Å². The number of hydrogen-bond donors (Lipinski definition) is 2. The van der Waals surface area contributed by atoms with Crippen molar-refractivity contribution in [2.75, 3.05) is 5.32 Å². The number of carbonyl (C=O) groups excluding carboxylic acids is 2. The number of aromatic nitrogens is 1. The molecule has 2 amide bonds. The highest BCUT2D eigenvalue weighted by atomic mass is 32.1. The molecule has 5 nitrogen and oxygen atoms in total. The molecular formula is C18H12F3N3O2S. The number of halogens is 3. The van der Waals surface area contributed by atoms with Crippen LogP contribution in [0.5, 0.6) is 0 Å². The quantitative estimate of drug-likeness (QED) is 0.692. The maximum atomic E-state index is 13.7. The zero-order valence-corrected chi connectivity index (χ0v) is 14.4. The molecule has 3 aromatic rings. The Morgan fingerprint density at radius 3 is 2.41 bits per heavy atom. The highest BCUT2D eigenvalue weighted by Crippen LogP contribution is 2.34. The average Bonchev–Trinajstić information content (AvgIpc) is 3.05. The second-order valence-electron chi connectivity index (χ2n) is 5.45. The first kappa shape index (κ1) is 18.6. The number of nitrogens with zero attached hydrogens (tertiary/aromatic N) is 1. The monoisotopic (exact) mass is 391 g/mol. The van der Waals surface area contributed by atoms with Crippen LogP contribution in [0.15, 0.2) is 42.5 Å². The van der Waals surface area contributed by atoms with Gasteiger partial charge in [-0.3, -0.25) is 14.9 Å². The lowest BCUT2D eigenvalue weighted by atomic mass is 10.1. The predicted octanol–water partition coefficient (Wildman–Crippen LogP) is 3.91. The van der Waals surface area contributed by atoms with Crippen LogP contribution >= 0.6 is 11.3 Å². The summed E-state index contributed by atoms with van der Waals surface area (Å²) in [6.07, 6.45) is 0. The summed E-state index contributed by atoms with van der Waals surface area (Å²) in [5, 5.41) is 2.19. The van der Waals surface area contributed by atoms with E-state index in [2.05, 4.69) is 10.3 Å². The van der Waals surface area contributed by atoms with E-state index >= 15 is 0 Å². The Balaban J connectivity index is 1.98. The first-order chi connectivity index (χ1) is 12.9. The van der Waals surface area contributed by atoms with Crippen molar-refractivity contribution in [3.63, 3.8) is 0 Å². The third kappa shape index (κ3) is 3.82. The minimum absolute atomic E-state index is 0.0721. The minimum Gasteiger partial charge on any atom is -0.364 e. The van der Waals surface area contributed by atoms with E-state index in [1.165, 1.54) is 6.07 Å². The van der Waals surface area contributed by atoms with Crippen LogP contribution < -0.4 is 11.1 Å². The average molecular weight is 391 g/mol. The molecular weight excluding hydrogens is 379 g/mol. The molecule has 3 N–H and O–H groups in total. The van der Waals surface area contributed by atoms with Crippen molar-refractivity contribution in [2.24, 2.45) is 5.73 Å². The smallest absolute Gasteiger partial charge is 0.268 e. The van der Waals surface area contributed by atoms with Crippen LogP contribution in [0.1, 0.15) is 26.4 Å². The second kappa shape index (κ2) is 7.58. The van der Waals surface area contributed by atoms with E-state index in [-0.39, 0.29) is 10.8 Å². The van der Waals surface area contributed by atoms with Gasteiger partial charge in [0.05, 0.1) is 4.88 Å². The molecule has 3 rings (SSSR count). The van der Waals surface area contributed by atoms with E-state index in [0.29, 0.717) is 16.0 Å². The van der Waals surface area contributed by atoms with Gasteiger partial charge in [0.1, 0.15) is 29.6 Å². The summed E-state index contributed by atoms with van der Waals surface area (Å²) >= 11 is 0.884. The van der Waals surface area contributed by atoms with Crippen LogP contribution in [0.25, 0.3) is 10.4 Å². The van der Waals surface area contributed by atoms with E-state index in [0.717, 1.165) is 29.5 Å². The summed E-state index contributed by atoms with van der Waals surface area (Å²) in [6.45, 7) is -0.700. The van der Waals surface area contributed by atoms with Gasteiger partial charge < -0.3 is 5.73 Å². The fourth-order valence-corrected chi connectivity index (χ4v) is 3.37. The van der Waals surface area contributed by atoms with Gasteiger partial charge in [0.15, 0.2) is 5.13 Å². The fraction of sp³-hybridized carbons (Fsp3) is 0.0556. The first-order valence-electron chi connectivity index (χ1n) is 7.62. The van der Waals surface area contributed by atoms with Gasteiger partial charge in [-0.2, -0.15) is 0 Å². The van der Waals surface area contributed by atoms with Crippen molar-refractivity contribution in [2.45, 2.75) is 6.67 Å². The van der Waals surface area contributed by atoms with Crippen LogP contribution in [0.4, 0.5) is 18.3 Å². The van der Waals surface area contributed by atoms with Crippen LogP contribution in [0.2, 0.25) is 0 Å². The van der Waals surface area contributed by atoms with E-state index in [1.54, 1.807) is 18.2 Å². The van der Waals surface area contributed by atoms with E-state index < -0.39 is 35.7 Å². The predicted molar refractivity (Wildman–Crippen MR) is 95.2 cm³/mol. The van der Waals surface area contributed by atoms with Gasteiger partial charge in [-0.15, -0.1) is 0 Å². The highest BCUT2D eigenvalue weighted by Gasteiger charge is 2.22. The second-order valence-corrected chi connectivity index (χ2v) is 6.44. The van der Waals surface area contributed by atoms with Gasteiger partial charge in [0, 0.05) is 0 Å². The Morgan fingerprint density at radius 2 is 1.78 bits per heavy atom.